The predicted octanol–water partition coefficient (Wildman–Crippen LogP) is 2.78. The first kappa shape index (κ1) is 15.7. The second-order valence-electron chi connectivity index (χ2n) is 6.10. The molecule has 1 aliphatic heterocycles. The predicted molar refractivity (Wildman–Crippen MR) is 76.7 cm³/mol. The lowest BCUT2D eigenvalue weighted by molar-refractivity contribution is -0.163. The highest BCUT2D eigenvalue weighted by molar-refractivity contribution is 5.86. The Labute approximate surface area is 117 Å². The van der Waals surface area contributed by atoms with Gasteiger partial charge in [-0.25, -0.2) is 4.79 Å². The lowest BCUT2D eigenvalue weighted by Crippen LogP contribution is -2.44. The van der Waals surface area contributed by atoms with Gasteiger partial charge in [-0.1, -0.05) is 13.0 Å². The number of ether oxygens (including phenoxy) is 1. The minimum atomic E-state index is -0.520. The van der Waals surface area contributed by atoms with Crippen molar-refractivity contribution >= 4 is 11.9 Å². The van der Waals surface area contributed by atoms with Crippen molar-refractivity contribution in [2.75, 3.05) is 6.54 Å². The second-order valence-corrected chi connectivity index (χ2v) is 6.10. The quantitative estimate of drug-likeness (QED) is 0.569. The van der Waals surface area contributed by atoms with E-state index in [2.05, 4.69) is 6.58 Å². The first-order valence-corrected chi connectivity index (χ1v) is 6.91. The van der Waals surface area contributed by atoms with Gasteiger partial charge in [-0.15, -0.1) is 6.58 Å². The molecule has 2 unspecified atom stereocenters. The zero-order chi connectivity index (χ0) is 14.6. The molecule has 1 amide bonds. The topological polar surface area (TPSA) is 46.6 Å². The molecule has 0 aromatic rings. The molecule has 1 rings (SSSR count). The van der Waals surface area contributed by atoms with Gasteiger partial charge in [0, 0.05) is 14.4 Å². The summed E-state index contributed by atoms with van der Waals surface area (Å²) in [5.74, 6) is 0.0219. The molecule has 4 heteroatoms. The molecule has 0 radical (unpaired) electrons. The molecule has 1 aliphatic rings. The van der Waals surface area contributed by atoms with Crippen LogP contribution >= 0.6 is 0 Å². The summed E-state index contributed by atoms with van der Waals surface area (Å²) < 4.78 is 5.39. The van der Waals surface area contributed by atoms with Gasteiger partial charge in [0.05, 0.1) is 0 Å². The number of carbonyl (C=O) groups excluding carboxylic acids is 2. The molecule has 110 valence electrons. The summed E-state index contributed by atoms with van der Waals surface area (Å²) >= 11 is 0. The first-order valence-electron chi connectivity index (χ1n) is 6.91. The third kappa shape index (κ3) is 4.37. The number of hydrogen-bond donors (Lipinski definition) is 0. The molecule has 2 atom stereocenters. The standard InChI is InChI=1S/C15H25NO3.H2/c1-6-8-11-9-13(17)16(10-11)12(7-2)14(18)19-15(3,4)5;/h6,11-12H,1,7-10H2,2-5H3;1H. The highest BCUT2D eigenvalue weighted by atomic mass is 16.6. The fraction of sp³-hybridized carbons (Fsp3) is 0.733. The summed E-state index contributed by atoms with van der Waals surface area (Å²) in [4.78, 5) is 25.8. The molecular formula is C15H27NO3. The maximum Gasteiger partial charge on any atom is 0.329 e. The van der Waals surface area contributed by atoms with Crippen LogP contribution in [0, 0.1) is 5.92 Å². The van der Waals surface area contributed by atoms with Crippen LogP contribution in [0.25, 0.3) is 0 Å². The lowest BCUT2D eigenvalue weighted by Gasteiger charge is -2.29. The summed E-state index contributed by atoms with van der Waals surface area (Å²) in [5.41, 5.74) is -0.520. The Morgan fingerprint density at radius 3 is 2.74 bits per heavy atom. The van der Waals surface area contributed by atoms with Crippen molar-refractivity contribution in [1.82, 2.24) is 4.90 Å². The minimum absolute atomic E-state index is 0. The Balaban J connectivity index is 0.00000361. The van der Waals surface area contributed by atoms with E-state index in [1.165, 1.54) is 0 Å². The summed E-state index contributed by atoms with van der Waals surface area (Å²) in [7, 11) is 0. The van der Waals surface area contributed by atoms with E-state index in [0.717, 1.165) is 6.42 Å². The zero-order valence-electron chi connectivity index (χ0n) is 12.4. The van der Waals surface area contributed by atoms with Crippen molar-refractivity contribution in [2.24, 2.45) is 5.92 Å². The Kier molecular flexibility index (Phi) is 5.15. The van der Waals surface area contributed by atoms with E-state index >= 15 is 0 Å². The van der Waals surface area contributed by atoms with E-state index in [1.807, 2.05) is 33.8 Å². The van der Waals surface area contributed by atoms with Gasteiger partial charge in [-0.2, -0.15) is 0 Å². The van der Waals surface area contributed by atoms with Crippen LogP contribution in [0.1, 0.15) is 48.4 Å². The van der Waals surface area contributed by atoms with Crippen LogP contribution in [-0.4, -0.2) is 35.0 Å². The van der Waals surface area contributed by atoms with Crippen molar-refractivity contribution in [1.29, 1.82) is 0 Å². The number of esters is 1. The van der Waals surface area contributed by atoms with E-state index in [4.69, 9.17) is 4.74 Å². The molecule has 1 heterocycles. The molecule has 0 saturated carbocycles. The van der Waals surface area contributed by atoms with Gasteiger partial charge >= 0.3 is 5.97 Å². The van der Waals surface area contributed by atoms with Crippen LogP contribution in [0.15, 0.2) is 12.7 Å². The number of nitrogens with zero attached hydrogens (tertiary/aromatic N) is 1. The smallest absolute Gasteiger partial charge is 0.329 e. The van der Waals surface area contributed by atoms with Gasteiger partial charge < -0.3 is 9.64 Å². The maximum absolute atomic E-state index is 12.2. The summed E-state index contributed by atoms with van der Waals surface area (Å²) in [6.45, 7) is 11.7. The zero-order valence-corrected chi connectivity index (χ0v) is 12.4. The van der Waals surface area contributed by atoms with E-state index in [0.29, 0.717) is 19.4 Å². The van der Waals surface area contributed by atoms with Crippen molar-refractivity contribution in [3.8, 4) is 0 Å². The van der Waals surface area contributed by atoms with E-state index in [9.17, 15) is 9.59 Å². The third-order valence-electron chi connectivity index (χ3n) is 3.18. The van der Waals surface area contributed by atoms with Gasteiger partial charge in [0.25, 0.3) is 0 Å². The van der Waals surface area contributed by atoms with E-state index in [1.54, 1.807) is 4.90 Å². The molecule has 0 aromatic carbocycles. The van der Waals surface area contributed by atoms with Crippen molar-refractivity contribution < 1.29 is 15.8 Å². The number of amides is 1. The minimum Gasteiger partial charge on any atom is -0.458 e. The molecule has 0 N–H and O–H groups in total. The highest BCUT2D eigenvalue weighted by Gasteiger charge is 2.37. The van der Waals surface area contributed by atoms with Crippen LogP contribution in [0.2, 0.25) is 0 Å². The van der Waals surface area contributed by atoms with Crippen LogP contribution in [0.5, 0.6) is 0 Å². The molecule has 1 saturated heterocycles. The fourth-order valence-corrected chi connectivity index (χ4v) is 2.39. The largest absolute Gasteiger partial charge is 0.458 e. The molecule has 1 fully saturated rings. The Hall–Kier alpha value is -1.32. The number of carbonyl (C=O) groups is 2. The summed E-state index contributed by atoms with van der Waals surface area (Å²) in [5, 5.41) is 0. The molecule has 0 bridgehead atoms. The Bertz CT molecular complexity index is 363. The number of likely N-dealkylation sites (tertiary alicyclic amines) is 1. The normalized spacial score (nSPS) is 21.4. The van der Waals surface area contributed by atoms with Crippen molar-refractivity contribution in [3.63, 3.8) is 0 Å². The lowest BCUT2D eigenvalue weighted by atomic mass is 10.1. The van der Waals surface area contributed by atoms with Gasteiger partial charge in [-0.3, -0.25) is 4.79 Å². The summed E-state index contributed by atoms with van der Waals surface area (Å²) in [6.07, 6.45) is 3.73. The Morgan fingerprint density at radius 1 is 1.63 bits per heavy atom. The third-order valence-corrected chi connectivity index (χ3v) is 3.18. The van der Waals surface area contributed by atoms with Crippen LogP contribution in [-0.2, 0) is 14.3 Å². The van der Waals surface area contributed by atoms with Crippen LogP contribution in [0.4, 0.5) is 0 Å². The van der Waals surface area contributed by atoms with Crippen molar-refractivity contribution in [2.45, 2.75) is 58.6 Å². The van der Waals surface area contributed by atoms with Crippen LogP contribution in [0.3, 0.4) is 0 Å². The number of hydrogen-bond acceptors (Lipinski definition) is 3. The first-order chi connectivity index (χ1) is 8.78. The number of allylic oxidation sites excluding steroid dienone is 1. The summed E-state index contributed by atoms with van der Waals surface area (Å²) in [6, 6.07) is -0.457. The van der Waals surface area contributed by atoms with Gasteiger partial charge in [0.1, 0.15) is 11.6 Å². The fourth-order valence-electron chi connectivity index (χ4n) is 2.39. The average Bonchev–Trinajstić information content (AvgIpc) is 2.59. The molecule has 0 aromatic heterocycles. The van der Waals surface area contributed by atoms with Gasteiger partial charge in [0.2, 0.25) is 5.91 Å². The SMILES string of the molecule is C=CCC1CC(=O)N(C(CC)C(=O)OC(C)(C)C)C1.[HH]. The van der Waals surface area contributed by atoms with Gasteiger partial charge in [-0.05, 0) is 39.5 Å². The average molecular weight is 269 g/mol. The Morgan fingerprint density at radius 2 is 2.26 bits per heavy atom. The molecule has 0 aliphatic carbocycles. The van der Waals surface area contributed by atoms with Gasteiger partial charge in [0.15, 0.2) is 0 Å². The maximum atomic E-state index is 12.2. The molecule has 4 nitrogen and oxygen atoms in total. The van der Waals surface area contributed by atoms with E-state index < -0.39 is 11.6 Å². The van der Waals surface area contributed by atoms with Crippen LogP contribution < -0.4 is 0 Å². The van der Waals surface area contributed by atoms with Crippen molar-refractivity contribution in [3.05, 3.63) is 12.7 Å². The highest BCUT2D eigenvalue weighted by Crippen LogP contribution is 2.25. The molecule has 19 heavy (non-hydrogen) atoms. The molecular weight excluding hydrogens is 242 g/mol. The monoisotopic (exact) mass is 269 g/mol. The van der Waals surface area contributed by atoms with E-state index in [-0.39, 0.29) is 19.2 Å². The molecule has 0 spiro atoms. The number of rotatable bonds is 5. The second kappa shape index (κ2) is 6.22.